The highest BCUT2D eigenvalue weighted by molar-refractivity contribution is 6.30. The minimum Gasteiger partial charge on any atom is -0.496 e. The van der Waals surface area contributed by atoms with Crippen LogP contribution in [0.2, 0.25) is 5.15 Å². The number of nitrogens with zero attached hydrogens (tertiary/aromatic N) is 1. The second kappa shape index (κ2) is 7.11. The van der Waals surface area contributed by atoms with Crippen molar-refractivity contribution in [2.75, 3.05) is 19.5 Å². The molecule has 1 heterocycles. The van der Waals surface area contributed by atoms with Crippen LogP contribution in [-0.4, -0.2) is 31.0 Å². The standard InChI is InChI=1S/C16H16ClN3O3/c1-9-5-4-6-10(14(9)23-3)16(22)20-12-7-13(17)19-8-11(12)15(21)18-2/h4-8H,1-3H3,(H,18,21)(H,19,20,22). The monoisotopic (exact) mass is 333 g/mol. The minimum atomic E-state index is -0.405. The number of hydrogen-bond acceptors (Lipinski definition) is 4. The summed E-state index contributed by atoms with van der Waals surface area (Å²) in [6, 6.07) is 6.66. The molecule has 0 aliphatic heterocycles. The number of carbonyl (C=O) groups is 2. The van der Waals surface area contributed by atoms with Gasteiger partial charge in [-0.15, -0.1) is 0 Å². The van der Waals surface area contributed by atoms with E-state index in [2.05, 4.69) is 15.6 Å². The molecule has 2 aromatic rings. The molecule has 7 heteroatoms. The number of aryl methyl sites for hydroxylation is 1. The van der Waals surface area contributed by atoms with Crippen LogP contribution < -0.4 is 15.4 Å². The van der Waals surface area contributed by atoms with E-state index in [0.29, 0.717) is 11.3 Å². The van der Waals surface area contributed by atoms with Crippen molar-refractivity contribution in [3.63, 3.8) is 0 Å². The number of ether oxygens (including phenoxy) is 1. The Bertz CT molecular complexity index is 762. The lowest BCUT2D eigenvalue weighted by atomic mass is 10.1. The lowest BCUT2D eigenvalue weighted by molar-refractivity contribution is 0.0963. The van der Waals surface area contributed by atoms with Crippen LogP contribution in [0.3, 0.4) is 0 Å². The maximum absolute atomic E-state index is 12.5. The van der Waals surface area contributed by atoms with Crippen LogP contribution in [0, 0.1) is 6.92 Å². The SMILES string of the molecule is CNC(=O)c1cnc(Cl)cc1NC(=O)c1cccc(C)c1OC. The third-order valence-electron chi connectivity index (χ3n) is 3.25. The van der Waals surface area contributed by atoms with Crippen LogP contribution in [0.15, 0.2) is 30.5 Å². The first kappa shape index (κ1) is 16.8. The van der Waals surface area contributed by atoms with Gasteiger partial charge in [-0.25, -0.2) is 4.98 Å². The molecule has 0 saturated carbocycles. The lowest BCUT2D eigenvalue weighted by Gasteiger charge is -2.13. The Morgan fingerprint density at radius 3 is 2.61 bits per heavy atom. The van der Waals surface area contributed by atoms with Crippen LogP contribution in [-0.2, 0) is 0 Å². The molecule has 0 saturated heterocycles. The van der Waals surface area contributed by atoms with Gasteiger partial charge in [0.2, 0.25) is 0 Å². The number of methoxy groups -OCH3 is 1. The van der Waals surface area contributed by atoms with E-state index in [1.807, 2.05) is 13.0 Å². The normalized spacial score (nSPS) is 10.1. The summed E-state index contributed by atoms with van der Waals surface area (Å²) in [7, 11) is 2.99. The molecule has 2 rings (SSSR count). The fourth-order valence-corrected chi connectivity index (χ4v) is 2.30. The number of carbonyl (C=O) groups excluding carboxylic acids is 2. The highest BCUT2D eigenvalue weighted by Gasteiger charge is 2.18. The van der Waals surface area contributed by atoms with Crippen LogP contribution in [0.25, 0.3) is 0 Å². The largest absolute Gasteiger partial charge is 0.496 e. The predicted molar refractivity (Wildman–Crippen MR) is 88.3 cm³/mol. The maximum atomic E-state index is 12.5. The summed E-state index contributed by atoms with van der Waals surface area (Å²) >= 11 is 5.86. The van der Waals surface area contributed by atoms with Crippen molar-refractivity contribution >= 4 is 29.1 Å². The third-order valence-corrected chi connectivity index (χ3v) is 3.46. The molecule has 23 heavy (non-hydrogen) atoms. The average molecular weight is 334 g/mol. The molecule has 6 nitrogen and oxygen atoms in total. The van der Waals surface area contributed by atoms with Gasteiger partial charge in [0, 0.05) is 13.2 Å². The van der Waals surface area contributed by atoms with Crippen LogP contribution >= 0.6 is 11.6 Å². The van der Waals surface area contributed by atoms with Gasteiger partial charge in [0.15, 0.2) is 0 Å². The third kappa shape index (κ3) is 3.60. The van der Waals surface area contributed by atoms with E-state index < -0.39 is 5.91 Å². The topological polar surface area (TPSA) is 80.3 Å². The Labute approximate surface area is 138 Å². The Kier molecular flexibility index (Phi) is 5.18. The van der Waals surface area contributed by atoms with Gasteiger partial charge in [0.05, 0.1) is 23.9 Å². The number of hydrogen-bond donors (Lipinski definition) is 2. The molecule has 120 valence electrons. The average Bonchev–Trinajstić information content (AvgIpc) is 2.54. The summed E-state index contributed by atoms with van der Waals surface area (Å²) in [5, 5.41) is 5.34. The molecule has 1 aromatic carbocycles. The molecule has 0 radical (unpaired) electrons. The number of pyridine rings is 1. The summed E-state index contributed by atoms with van der Waals surface area (Å²) in [6.45, 7) is 1.84. The summed E-state index contributed by atoms with van der Waals surface area (Å²) in [4.78, 5) is 28.3. The van der Waals surface area contributed by atoms with Gasteiger partial charge in [-0.05, 0) is 24.6 Å². The first-order chi connectivity index (χ1) is 11.0. The molecule has 0 spiro atoms. The van der Waals surface area contributed by atoms with Gasteiger partial charge in [0.1, 0.15) is 10.9 Å². The lowest BCUT2D eigenvalue weighted by Crippen LogP contribution is -2.22. The molecule has 1 aromatic heterocycles. The molecule has 0 aliphatic carbocycles. The van der Waals surface area contributed by atoms with E-state index in [1.165, 1.54) is 26.4 Å². The Balaban J connectivity index is 2.40. The van der Waals surface area contributed by atoms with Crippen molar-refractivity contribution in [1.29, 1.82) is 0 Å². The van der Waals surface area contributed by atoms with E-state index in [9.17, 15) is 9.59 Å². The zero-order chi connectivity index (χ0) is 17.0. The van der Waals surface area contributed by atoms with E-state index in [1.54, 1.807) is 12.1 Å². The van der Waals surface area contributed by atoms with Gasteiger partial charge in [-0.1, -0.05) is 23.7 Å². The molecule has 0 aliphatic rings. The van der Waals surface area contributed by atoms with Crippen LogP contribution in [0.4, 0.5) is 5.69 Å². The van der Waals surface area contributed by atoms with Crippen LogP contribution in [0.1, 0.15) is 26.3 Å². The number of halogens is 1. The Morgan fingerprint density at radius 2 is 1.96 bits per heavy atom. The van der Waals surface area contributed by atoms with E-state index in [-0.39, 0.29) is 22.3 Å². The highest BCUT2D eigenvalue weighted by Crippen LogP contribution is 2.25. The van der Waals surface area contributed by atoms with Crippen LogP contribution in [0.5, 0.6) is 5.75 Å². The fourth-order valence-electron chi connectivity index (χ4n) is 2.14. The zero-order valence-corrected chi connectivity index (χ0v) is 13.7. The van der Waals surface area contributed by atoms with E-state index in [0.717, 1.165) is 5.56 Å². The van der Waals surface area contributed by atoms with Gasteiger partial charge in [-0.2, -0.15) is 0 Å². The highest BCUT2D eigenvalue weighted by atomic mass is 35.5. The summed E-state index contributed by atoms with van der Waals surface area (Å²) in [5.41, 5.74) is 1.69. The van der Waals surface area contributed by atoms with Crippen molar-refractivity contribution in [2.45, 2.75) is 6.92 Å². The quantitative estimate of drug-likeness (QED) is 0.843. The Hall–Kier alpha value is -2.60. The summed E-state index contributed by atoms with van der Waals surface area (Å²) in [5.74, 6) is -0.301. The van der Waals surface area contributed by atoms with Gasteiger partial charge in [0.25, 0.3) is 11.8 Å². The molecule has 0 unspecified atom stereocenters. The minimum absolute atomic E-state index is 0.171. The van der Waals surface area contributed by atoms with Gasteiger partial charge < -0.3 is 15.4 Å². The number of benzene rings is 1. The first-order valence-corrected chi connectivity index (χ1v) is 7.18. The Morgan fingerprint density at radius 1 is 1.22 bits per heavy atom. The molecule has 2 N–H and O–H groups in total. The van der Waals surface area contributed by atoms with Crippen molar-refractivity contribution < 1.29 is 14.3 Å². The number of aromatic nitrogens is 1. The number of anilines is 1. The smallest absolute Gasteiger partial charge is 0.259 e. The number of nitrogens with one attached hydrogen (secondary N) is 2. The molecule has 0 atom stereocenters. The van der Waals surface area contributed by atoms with Gasteiger partial charge in [-0.3, -0.25) is 9.59 Å². The first-order valence-electron chi connectivity index (χ1n) is 6.80. The molecule has 0 fully saturated rings. The second-order valence-electron chi connectivity index (χ2n) is 4.74. The van der Waals surface area contributed by atoms with Crippen molar-refractivity contribution in [1.82, 2.24) is 10.3 Å². The van der Waals surface area contributed by atoms with Crippen molar-refractivity contribution in [2.24, 2.45) is 0 Å². The predicted octanol–water partition coefficient (Wildman–Crippen LogP) is 2.66. The zero-order valence-electron chi connectivity index (χ0n) is 12.9. The maximum Gasteiger partial charge on any atom is 0.259 e. The number of amides is 2. The molecule has 0 bridgehead atoms. The second-order valence-corrected chi connectivity index (χ2v) is 5.13. The molecule has 2 amide bonds. The molecular weight excluding hydrogens is 318 g/mol. The number of rotatable bonds is 4. The molecular formula is C16H16ClN3O3. The van der Waals surface area contributed by atoms with Crippen molar-refractivity contribution in [3.05, 3.63) is 52.3 Å². The van der Waals surface area contributed by atoms with E-state index >= 15 is 0 Å². The fraction of sp³-hybridized carbons (Fsp3) is 0.188. The van der Waals surface area contributed by atoms with Gasteiger partial charge >= 0.3 is 0 Å². The summed E-state index contributed by atoms with van der Waals surface area (Å²) < 4.78 is 5.28. The van der Waals surface area contributed by atoms with Crippen molar-refractivity contribution in [3.8, 4) is 5.75 Å². The van der Waals surface area contributed by atoms with E-state index in [4.69, 9.17) is 16.3 Å². The number of para-hydroxylation sites is 1. The summed E-state index contributed by atoms with van der Waals surface area (Å²) in [6.07, 6.45) is 1.31.